The number of rotatable bonds is 4. The third-order valence-electron chi connectivity index (χ3n) is 3.40. The second-order valence-corrected chi connectivity index (χ2v) is 4.88. The number of benzene rings is 1. The van der Waals surface area contributed by atoms with E-state index in [1.807, 2.05) is 38.1 Å². The van der Waals surface area contributed by atoms with Gasteiger partial charge < -0.3 is 10.4 Å². The Morgan fingerprint density at radius 2 is 2.16 bits per heavy atom. The topological polar surface area (TPSA) is 68.9 Å². The molecule has 1 heterocycles. The number of anilines is 1. The van der Waals surface area contributed by atoms with Gasteiger partial charge >= 0.3 is 0 Å². The Morgan fingerprint density at radius 1 is 1.42 bits per heavy atom. The van der Waals surface area contributed by atoms with E-state index >= 15 is 0 Å². The number of fused-ring (bicyclic) bond motifs is 1. The SMILES string of the molecule is CCC(C)(CO)Nc1cc(C#N)c2ccccc2n1. The predicted octanol–water partition coefficient (Wildman–Crippen LogP) is 2.68. The van der Waals surface area contributed by atoms with E-state index in [1.165, 1.54) is 0 Å². The molecule has 2 aromatic rings. The van der Waals surface area contributed by atoms with E-state index < -0.39 is 5.54 Å². The van der Waals surface area contributed by atoms with Crippen LogP contribution in [0.2, 0.25) is 0 Å². The van der Waals surface area contributed by atoms with Crippen molar-refractivity contribution in [2.24, 2.45) is 0 Å². The molecule has 1 aromatic heterocycles. The van der Waals surface area contributed by atoms with Crippen molar-refractivity contribution in [3.8, 4) is 6.07 Å². The molecule has 0 saturated carbocycles. The van der Waals surface area contributed by atoms with Crippen LogP contribution in [-0.2, 0) is 0 Å². The molecule has 1 atom stereocenters. The zero-order valence-electron chi connectivity index (χ0n) is 11.1. The van der Waals surface area contributed by atoms with E-state index in [0.717, 1.165) is 17.3 Å². The average molecular weight is 255 g/mol. The fourth-order valence-corrected chi connectivity index (χ4v) is 1.88. The Labute approximate surface area is 112 Å². The van der Waals surface area contributed by atoms with Crippen molar-refractivity contribution >= 4 is 16.7 Å². The van der Waals surface area contributed by atoms with Crippen molar-refractivity contribution in [3.63, 3.8) is 0 Å². The van der Waals surface area contributed by atoms with Gasteiger partial charge in [-0.15, -0.1) is 0 Å². The maximum atomic E-state index is 9.43. The number of aromatic nitrogens is 1. The zero-order chi connectivity index (χ0) is 13.9. The number of hydrogen-bond donors (Lipinski definition) is 2. The lowest BCUT2D eigenvalue weighted by atomic mass is 10.00. The molecule has 0 radical (unpaired) electrons. The van der Waals surface area contributed by atoms with Crippen LogP contribution >= 0.6 is 0 Å². The second-order valence-electron chi connectivity index (χ2n) is 4.88. The summed E-state index contributed by atoms with van der Waals surface area (Å²) in [6.45, 7) is 3.94. The molecule has 0 bridgehead atoms. The van der Waals surface area contributed by atoms with Crippen molar-refractivity contribution < 1.29 is 5.11 Å². The number of nitrogens with zero attached hydrogens (tertiary/aromatic N) is 2. The van der Waals surface area contributed by atoms with Crippen LogP contribution in [0.1, 0.15) is 25.8 Å². The van der Waals surface area contributed by atoms with Crippen LogP contribution in [-0.4, -0.2) is 22.2 Å². The van der Waals surface area contributed by atoms with Crippen molar-refractivity contribution in [2.75, 3.05) is 11.9 Å². The highest BCUT2D eigenvalue weighted by Gasteiger charge is 2.21. The summed E-state index contributed by atoms with van der Waals surface area (Å²) in [5.41, 5.74) is 0.937. The first-order chi connectivity index (χ1) is 9.11. The summed E-state index contributed by atoms with van der Waals surface area (Å²) >= 11 is 0. The van der Waals surface area contributed by atoms with E-state index in [4.69, 9.17) is 0 Å². The highest BCUT2D eigenvalue weighted by atomic mass is 16.3. The molecule has 0 spiro atoms. The minimum atomic E-state index is -0.428. The number of pyridine rings is 1. The minimum absolute atomic E-state index is 0.0138. The molecule has 1 aromatic carbocycles. The Bertz CT molecular complexity index is 627. The van der Waals surface area contributed by atoms with E-state index in [-0.39, 0.29) is 6.61 Å². The molecule has 98 valence electrons. The Balaban J connectivity index is 2.49. The molecule has 0 aliphatic carbocycles. The van der Waals surface area contributed by atoms with Gasteiger partial charge in [-0.05, 0) is 25.5 Å². The molecule has 4 nitrogen and oxygen atoms in total. The molecular weight excluding hydrogens is 238 g/mol. The fraction of sp³-hybridized carbons (Fsp3) is 0.333. The molecule has 0 aliphatic heterocycles. The van der Waals surface area contributed by atoms with Gasteiger partial charge in [-0.1, -0.05) is 25.1 Å². The highest BCUT2D eigenvalue weighted by molar-refractivity contribution is 5.86. The summed E-state index contributed by atoms with van der Waals surface area (Å²) in [7, 11) is 0. The molecule has 0 saturated heterocycles. The molecule has 2 rings (SSSR count). The molecule has 4 heteroatoms. The number of hydrogen-bond acceptors (Lipinski definition) is 4. The van der Waals surface area contributed by atoms with E-state index in [1.54, 1.807) is 6.07 Å². The van der Waals surface area contributed by atoms with Gasteiger partial charge in [0, 0.05) is 5.39 Å². The van der Waals surface area contributed by atoms with Gasteiger partial charge in [0.2, 0.25) is 0 Å². The van der Waals surface area contributed by atoms with Crippen LogP contribution in [0.5, 0.6) is 0 Å². The normalized spacial score (nSPS) is 13.8. The number of nitrogens with one attached hydrogen (secondary N) is 1. The summed E-state index contributed by atoms with van der Waals surface area (Å²) in [6, 6.07) is 11.5. The van der Waals surface area contributed by atoms with Crippen molar-refractivity contribution in [2.45, 2.75) is 25.8 Å². The zero-order valence-corrected chi connectivity index (χ0v) is 11.1. The third kappa shape index (κ3) is 2.67. The first-order valence-electron chi connectivity index (χ1n) is 6.31. The van der Waals surface area contributed by atoms with Crippen LogP contribution < -0.4 is 5.32 Å². The van der Waals surface area contributed by atoms with Gasteiger partial charge in [-0.3, -0.25) is 0 Å². The predicted molar refractivity (Wildman–Crippen MR) is 75.9 cm³/mol. The number of nitriles is 1. The van der Waals surface area contributed by atoms with Crippen LogP contribution in [0.3, 0.4) is 0 Å². The Hall–Kier alpha value is -2.12. The van der Waals surface area contributed by atoms with Crippen molar-refractivity contribution in [3.05, 3.63) is 35.9 Å². The van der Waals surface area contributed by atoms with Gasteiger partial charge in [0.25, 0.3) is 0 Å². The molecule has 0 amide bonds. The quantitative estimate of drug-likeness (QED) is 0.881. The first-order valence-corrected chi connectivity index (χ1v) is 6.31. The summed E-state index contributed by atoms with van der Waals surface area (Å²) < 4.78 is 0. The molecule has 0 aliphatic rings. The lowest BCUT2D eigenvalue weighted by molar-refractivity contribution is 0.218. The highest BCUT2D eigenvalue weighted by Crippen LogP contribution is 2.23. The maximum absolute atomic E-state index is 9.43. The molecule has 0 fully saturated rings. The van der Waals surface area contributed by atoms with Gasteiger partial charge in [-0.25, -0.2) is 4.98 Å². The monoisotopic (exact) mass is 255 g/mol. The van der Waals surface area contributed by atoms with Gasteiger partial charge in [0.05, 0.1) is 29.3 Å². The van der Waals surface area contributed by atoms with E-state index in [2.05, 4.69) is 16.4 Å². The molecule has 19 heavy (non-hydrogen) atoms. The molecular formula is C15H17N3O. The number of para-hydroxylation sites is 1. The Morgan fingerprint density at radius 3 is 2.79 bits per heavy atom. The van der Waals surface area contributed by atoms with Crippen molar-refractivity contribution in [1.29, 1.82) is 5.26 Å². The number of aliphatic hydroxyl groups is 1. The minimum Gasteiger partial charge on any atom is -0.394 e. The average Bonchev–Trinajstić information content (AvgIpc) is 2.46. The third-order valence-corrected chi connectivity index (χ3v) is 3.40. The van der Waals surface area contributed by atoms with E-state index in [0.29, 0.717) is 11.4 Å². The van der Waals surface area contributed by atoms with E-state index in [9.17, 15) is 10.4 Å². The first kappa shape index (κ1) is 13.3. The van der Waals surface area contributed by atoms with Crippen LogP contribution in [0, 0.1) is 11.3 Å². The lowest BCUT2D eigenvalue weighted by Crippen LogP contribution is -2.38. The standard InChI is InChI=1S/C15H17N3O/c1-3-15(2,10-19)18-14-8-11(9-16)12-6-4-5-7-13(12)17-14/h4-8,19H,3,10H2,1-2H3,(H,17,18). The largest absolute Gasteiger partial charge is 0.394 e. The van der Waals surface area contributed by atoms with Gasteiger partial charge in [-0.2, -0.15) is 5.26 Å². The lowest BCUT2D eigenvalue weighted by Gasteiger charge is -2.28. The summed E-state index contributed by atoms with van der Waals surface area (Å²) in [5, 5.41) is 22.7. The molecule has 2 N–H and O–H groups in total. The molecule has 1 unspecified atom stereocenters. The smallest absolute Gasteiger partial charge is 0.128 e. The summed E-state index contributed by atoms with van der Waals surface area (Å²) in [5.74, 6) is 0.619. The van der Waals surface area contributed by atoms with Crippen LogP contribution in [0.25, 0.3) is 10.9 Å². The Kier molecular flexibility index (Phi) is 3.68. The van der Waals surface area contributed by atoms with Gasteiger partial charge in [0.1, 0.15) is 5.82 Å². The van der Waals surface area contributed by atoms with Crippen molar-refractivity contribution in [1.82, 2.24) is 4.98 Å². The fourth-order valence-electron chi connectivity index (χ4n) is 1.88. The summed E-state index contributed by atoms with van der Waals surface area (Å²) in [4.78, 5) is 4.49. The second kappa shape index (κ2) is 5.25. The number of aliphatic hydroxyl groups excluding tert-OH is 1. The van der Waals surface area contributed by atoms with Crippen LogP contribution in [0.4, 0.5) is 5.82 Å². The van der Waals surface area contributed by atoms with Gasteiger partial charge in [0.15, 0.2) is 0 Å². The van der Waals surface area contributed by atoms with Crippen LogP contribution in [0.15, 0.2) is 30.3 Å². The summed E-state index contributed by atoms with van der Waals surface area (Å²) in [6.07, 6.45) is 0.764. The maximum Gasteiger partial charge on any atom is 0.128 e.